The molecule has 0 amide bonds. The number of hydrogen-bond acceptors (Lipinski definition) is 2. The van der Waals surface area contributed by atoms with Crippen molar-refractivity contribution < 1.29 is 9.47 Å². The van der Waals surface area contributed by atoms with E-state index in [1.165, 1.54) is 0 Å². The molecule has 0 saturated heterocycles. The highest BCUT2D eigenvalue weighted by atomic mass is 127. The van der Waals surface area contributed by atoms with E-state index in [9.17, 15) is 0 Å². The van der Waals surface area contributed by atoms with Crippen LogP contribution in [0, 0.1) is 0 Å². The third kappa shape index (κ3) is 8.00. The van der Waals surface area contributed by atoms with Gasteiger partial charge in [-0.1, -0.05) is 45.2 Å². The van der Waals surface area contributed by atoms with E-state index in [0.717, 1.165) is 26.1 Å². The van der Waals surface area contributed by atoms with Crippen molar-refractivity contribution in [2.45, 2.75) is 34.9 Å². The average Bonchev–Trinajstić information content (AvgIpc) is 2.02. The molecule has 0 aliphatic carbocycles. The van der Waals surface area contributed by atoms with Crippen molar-refractivity contribution >= 4 is 45.2 Å². The molecule has 0 saturated carbocycles. The molecule has 2 unspecified atom stereocenters. The maximum absolute atomic E-state index is 5.40. The highest BCUT2D eigenvalue weighted by Crippen LogP contribution is 2.16. The van der Waals surface area contributed by atoms with Gasteiger partial charge in [-0.2, -0.15) is 0 Å². The Labute approximate surface area is 102 Å². The van der Waals surface area contributed by atoms with Crippen LogP contribution in [0.4, 0.5) is 0 Å². The summed E-state index contributed by atoms with van der Waals surface area (Å²) < 4.78 is 11.5. The first-order chi connectivity index (χ1) is 5.70. The summed E-state index contributed by atoms with van der Waals surface area (Å²) in [4.78, 5) is 0. The molecule has 0 aromatic heterocycles. The Morgan fingerprint density at radius 1 is 0.917 bits per heavy atom. The minimum atomic E-state index is 0.338. The first kappa shape index (κ1) is 13.4. The fourth-order valence-electron chi connectivity index (χ4n) is 0.790. The molecule has 74 valence electrons. The van der Waals surface area contributed by atoms with Crippen LogP contribution in [0.1, 0.15) is 26.7 Å². The summed E-state index contributed by atoms with van der Waals surface area (Å²) in [7, 11) is 0. The Hall–Kier alpha value is 1.38. The predicted octanol–water partition coefficient (Wildman–Crippen LogP) is 3.36. The molecular weight excluding hydrogens is 382 g/mol. The maximum atomic E-state index is 5.40. The topological polar surface area (TPSA) is 18.5 Å². The van der Waals surface area contributed by atoms with Gasteiger partial charge in [-0.15, -0.1) is 0 Å². The van der Waals surface area contributed by atoms with Gasteiger partial charge in [0.05, 0.1) is 0 Å². The summed E-state index contributed by atoms with van der Waals surface area (Å²) in [5, 5.41) is 0. The van der Waals surface area contributed by atoms with Crippen LogP contribution in [0.15, 0.2) is 0 Å². The molecule has 0 spiro atoms. The molecule has 0 aliphatic rings. The van der Waals surface area contributed by atoms with Crippen molar-refractivity contribution in [2.75, 3.05) is 13.2 Å². The van der Waals surface area contributed by atoms with Crippen LogP contribution in [0.5, 0.6) is 0 Å². The molecular formula is C8H16I2O2. The molecule has 0 N–H and O–H groups in total. The lowest BCUT2D eigenvalue weighted by Crippen LogP contribution is -2.09. The first-order valence-corrected chi connectivity index (χ1v) is 6.71. The molecule has 0 fully saturated rings. The van der Waals surface area contributed by atoms with E-state index < -0.39 is 0 Å². The van der Waals surface area contributed by atoms with Gasteiger partial charge >= 0.3 is 0 Å². The summed E-state index contributed by atoms with van der Waals surface area (Å²) in [6.07, 6.45) is 2.14. The SMILES string of the molecule is CCOC(I)CCC(I)OCC. The highest BCUT2D eigenvalue weighted by Gasteiger charge is 2.07. The zero-order valence-electron chi connectivity index (χ0n) is 7.56. The molecule has 2 atom stereocenters. The maximum Gasteiger partial charge on any atom is 0.108 e. The van der Waals surface area contributed by atoms with Crippen LogP contribution in [-0.2, 0) is 9.47 Å². The van der Waals surface area contributed by atoms with Gasteiger partial charge < -0.3 is 9.47 Å². The molecule has 0 radical (unpaired) electrons. The third-order valence-electron chi connectivity index (χ3n) is 1.32. The lowest BCUT2D eigenvalue weighted by molar-refractivity contribution is 0.0985. The Balaban J connectivity index is 3.27. The van der Waals surface area contributed by atoms with Crippen LogP contribution < -0.4 is 0 Å². The van der Waals surface area contributed by atoms with Crippen LogP contribution in [0.3, 0.4) is 0 Å². The summed E-state index contributed by atoms with van der Waals surface area (Å²) in [5.41, 5.74) is 0. The van der Waals surface area contributed by atoms with E-state index in [1.54, 1.807) is 0 Å². The molecule has 0 aromatic carbocycles. The Morgan fingerprint density at radius 3 is 1.50 bits per heavy atom. The fraction of sp³-hybridized carbons (Fsp3) is 1.00. The van der Waals surface area contributed by atoms with Crippen molar-refractivity contribution in [1.29, 1.82) is 0 Å². The lowest BCUT2D eigenvalue weighted by Gasteiger charge is -2.13. The standard InChI is InChI=1S/C8H16I2O2/c1-3-11-7(9)5-6-8(10)12-4-2/h7-8H,3-6H2,1-2H3. The first-order valence-electron chi connectivity index (χ1n) is 4.22. The Bertz CT molecular complexity index is 89.1. The molecule has 0 aliphatic heterocycles. The van der Waals surface area contributed by atoms with Gasteiger partial charge in [0.25, 0.3) is 0 Å². The van der Waals surface area contributed by atoms with Gasteiger partial charge in [0.2, 0.25) is 0 Å². The number of ether oxygens (including phenoxy) is 2. The average molecular weight is 398 g/mol. The summed E-state index contributed by atoms with van der Waals surface area (Å²) in [6.45, 7) is 5.65. The van der Waals surface area contributed by atoms with E-state index in [1.807, 2.05) is 13.8 Å². The van der Waals surface area contributed by atoms with Gasteiger partial charge in [-0.3, -0.25) is 0 Å². The van der Waals surface area contributed by atoms with E-state index in [4.69, 9.17) is 9.47 Å². The Morgan fingerprint density at radius 2 is 1.25 bits per heavy atom. The lowest BCUT2D eigenvalue weighted by atomic mass is 10.3. The zero-order chi connectivity index (χ0) is 9.40. The van der Waals surface area contributed by atoms with Gasteiger partial charge in [0, 0.05) is 13.2 Å². The van der Waals surface area contributed by atoms with E-state index in [2.05, 4.69) is 45.2 Å². The molecule has 0 heterocycles. The second-order valence-electron chi connectivity index (χ2n) is 2.31. The summed E-state index contributed by atoms with van der Waals surface area (Å²) in [6, 6.07) is 0. The van der Waals surface area contributed by atoms with Crippen molar-refractivity contribution in [2.24, 2.45) is 0 Å². The minimum absolute atomic E-state index is 0.338. The monoisotopic (exact) mass is 398 g/mol. The normalized spacial score (nSPS) is 16.0. The number of hydrogen-bond donors (Lipinski definition) is 0. The molecule has 0 bridgehead atoms. The smallest absolute Gasteiger partial charge is 0.108 e. The van der Waals surface area contributed by atoms with Gasteiger partial charge in [-0.25, -0.2) is 0 Å². The minimum Gasteiger partial charge on any atom is -0.368 e. The molecule has 2 nitrogen and oxygen atoms in total. The molecule has 12 heavy (non-hydrogen) atoms. The van der Waals surface area contributed by atoms with Crippen molar-refractivity contribution in [3.63, 3.8) is 0 Å². The summed E-state index contributed by atoms with van der Waals surface area (Å²) in [5.74, 6) is 0. The van der Waals surface area contributed by atoms with Crippen LogP contribution in [-0.4, -0.2) is 21.4 Å². The van der Waals surface area contributed by atoms with Crippen molar-refractivity contribution in [3.05, 3.63) is 0 Å². The quantitative estimate of drug-likeness (QED) is 0.484. The van der Waals surface area contributed by atoms with Crippen LogP contribution in [0.25, 0.3) is 0 Å². The third-order valence-corrected chi connectivity index (χ3v) is 3.28. The highest BCUT2D eigenvalue weighted by molar-refractivity contribution is 14.1. The largest absolute Gasteiger partial charge is 0.368 e. The number of rotatable bonds is 7. The van der Waals surface area contributed by atoms with Gasteiger partial charge in [0.15, 0.2) is 0 Å². The zero-order valence-corrected chi connectivity index (χ0v) is 11.9. The number of alkyl halides is 2. The second kappa shape index (κ2) is 8.96. The van der Waals surface area contributed by atoms with E-state index in [-0.39, 0.29) is 0 Å². The van der Waals surface area contributed by atoms with Gasteiger partial charge in [0.1, 0.15) is 8.22 Å². The predicted molar refractivity (Wildman–Crippen MR) is 68.1 cm³/mol. The van der Waals surface area contributed by atoms with E-state index in [0.29, 0.717) is 8.22 Å². The van der Waals surface area contributed by atoms with Gasteiger partial charge in [-0.05, 0) is 26.7 Å². The molecule has 0 rings (SSSR count). The fourth-order valence-corrected chi connectivity index (χ4v) is 2.23. The Kier molecular flexibility index (Phi) is 9.99. The van der Waals surface area contributed by atoms with Crippen LogP contribution >= 0.6 is 45.2 Å². The molecule has 0 aromatic rings. The number of halogens is 2. The molecule has 4 heteroatoms. The van der Waals surface area contributed by atoms with E-state index >= 15 is 0 Å². The second-order valence-corrected chi connectivity index (χ2v) is 5.09. The van der Waals surface area contributed by atoms with Crippen molar-refractivity contribution in [3.8, 4) is 0 Å². The van der Waals surface area contributed by atoms with Crippen LogP contribution in [0.2, 0.25) is 0 Å². The van der Waals surface area contributed by atoms with Crippen molar-refractivity contribution in [1.82, 2.24) is 0 Å². The summed E-state index contributed by atoms with van der Waals surface area (Å²) >= 11 is 4.64.